The molecule has 0 aliphatic carbocycles. The van der Waals surface area contributed by atoms with E-state index >= 15 is 0 Å². The molecule has 6 nitrogen and oxygen atoms in total. The number of rotatable bonds is 2. The molecule has 0 saturated carbocycles. The van der Waals surface area contributed by atoms with Crippen LogP contribution < -0.4 is 5.73 Å². The molecule has 0 amide bonds. The molecule has 19 heavy (non-hydrogen) atoms. The fraction of sp³-hybridized carbons (Fsp3) is 0.0833. The van der Waals surface area contributed by atoms with Crippen LogP contribution in [-0.4, -0.2) is 23.0 Å². The summed E-state index contributed by atoms with van der Waals surface area (Å²) < 4.78 is 10.7. The minimum Gasteiger partial charge on any atom is -0.465 e. The van der Waals surface area contributed by atoms with Crippen molar-refractivity contribution in [2.75, 3.05) is 12.8 Å². The van der Waals surface area contributed by atoms with Crippen LogP contribution in [0.3, 0.4) is 0 Å². The van der Waals surface area contributed by atoms with Gasteiger partial charge in [-0.15, -0.1) is 0 Å². The van der Waals surface area contributed by atoms with Crippen LogP contribution in [0.1, 0.15) is 10.4 Å². The smallest absolute Gasteiger partial charge is 0.339 e. The number of carbonyl (C=O) groups is 1. The SMILES string of the molecule is COC(=O)c1cc(-c2ccco2)nc2nc(N)sc12. The number of pyridine rings is 1. The van der Waals surface area contributed by atoms with Gasteiger partial charge in [-0.1, -0.05) is 11.3 Å². The Morgan fingerprint density at radius 2 is 2.32 bits per heavy atom. The fourth-order valence-electron chi connectivity index (χ4n) is 1.74. The highest BCUT2D eigenvalue weighted by Crippen LogP contribution is 2.30. The molecule has 3 rings (SSSR count). The molecule has 3 heterocycles. The summed E-state index contributed by atoms with van der Waals surface area (Å²) in [6.45, 7) is 0. The lowest BCUT2D eigenvalue weighted by Gasteiger charge is -2.02. The van der Waals surface area contributed by atoms with Crippen LogP contribution in [0.5, 0.6) is 0 Å². The molecule has 0 radical (unpaired) electrons. The Hall–Kier alpha value is -2.41. The summed E-state index contributed by atoms with van der Waals surface area (Å²) in [5.41, 5.74) is 6.97. The lowest BCUT2D eigenvalue weighted by molar-refractivity contribution is 0.0603. The van der Waals surface area contributed by atoms with Gasteiger partial charge in [0.15, 0.2) is 16.5 Å². The van der Waals surface area contributed by atoms with E-state index in [4.69, 9.17) is 14.9 Å². The Bertz CT molecular complexity index is 749. The summed E-state index contributed by atoms with van der Waals surface area (Å²) in [6, 6.07) is 5.12. The van der Waals surface area contributed by atoms with Gasteiger partial charge in [0.05, 0.1) is 23.6 Å². The molecule has 0 aliphatic rings. The van der Waals surface area contributed by atoms with Gasteiger partial charge in [0.25, 0.3) is 0 Å². The van der Waals surface area contributed by atoms with Gasteiger partial charge < -0.3 is 14.9 Å². The second-order valence-corrected chi connectivity index (χ2v) is 4.76. The van der Waals surface area contributed by atoms with Gasteiger partial charge in [0.2, 0.25) is 0 Å². The molecule has 0 fully saturated rings. The Kier molecular flexibility index (Phi) is 2.68. The van der Waals surface area contributed by atoms with Crippen LogP contribution in [0.25, 0.3) is 21.8 Å². The zero-order valence-corrected chi connectivity index (χ0v) is 10.7. The number of nitrogens with two attached hydrogens (primary N) is 1. The maximum Gasteiger partial charge on any atom is 0.339 e. The van der Waals surface area contributed by atoms with Crippen LogP contribution in [0.2, 0.25) is 0 Å². The number of hydrogen-bond donors (Lipinski definition) is 1. The van der Waals surface area contributed by atoms with Crippen molar-refractivity contribution in [3.05, 3.63) is 30.0 Å². The Morgan fingerprint density at radius 1 is 1.47 bits per heavy atom. The first-order valence-corrected chi connectivity index (χ1v) is 6.20. The largest absolute Gasteiger partial charge is 0.465 e. The summed E-state index contributed by atoms with van der Waals surface area (Å²) in [5.74, 6) is 0.0995. The number of thiazole rings is 1. The molecule has 0 atom stereocenters. The Morgan fingerprint density at radius 3 is 3.00 bits per heavy atom. The Labute approximate surface area is 111 Å². The highest BCUT2D eigenvalue weighted by atomic mass is 32.1. The third-order valence-corrected chi connectivity index (χ3v) is 3.46. The normalized spacial score (nSPS) is 10.8. The lowest BCUT2D eigenvalue weighted by Crippen LogP contribution is -2.02. The topological polar surface area (TPSA) is 91.2 Å². The molecule has 0 unspecified atom stereocenters. The number of nitrogen functional groups attached to an aromatic ring is 1. The van der Waals surface area contributed by atoms with Gasteiger partial charge in [-0.2, -0.15) is 0 Å². The summed E-state index contributed by atoms with van der Waals surface area (Å²) in [6.07, 6.45) is 1.54. The van der Waals surface area contributed by atoms with Crippen LogP contribution >= 0.6 is 11.3 Å². The minimum absolute atomic E-state index is 0.351. The van der Waals surface area contributed by atoms with E-state index in [0.29, 0.717) is 32.5 Å². The van der Waals surface area contributed by atoms with Crippen molar-refractivity contribution in [1.29, 1.82) is 0 Å². The fourth-order valence-corrected chi connectivity index (χ4v) is 2.52. The van der Waals surface area contributed by atoms with Crippen molar-refractivity contribution >= 4 is 32.8 Å². The lowest BCUT2D eigenvalue weighted by atomic mass is 10.2. The van der Waals surface area contributed by atoms with Crippen molar-refractivity contribution in [3.8, 4) is 11.5 Å². The van der Waals surface area contributed by atoms with Crippen molar-refractivity contribution in [3.63, 3.8) is 0 Å². The quantitative estimate of drug-likeness (QED) is 0.722. The molecule has 0 saturated heterocycles. The standard InChI is InChI=1S/C12H9N3O3S/c1-17-11(16)6-5-7(8-3-2-4-18-8)14-10-9(6)19-12(13)15-10/h2-5H,1H3,(H2,13,14,15). The van der Waals surface area contributed by atoms with E-state index in [1.807, 2.05) is 0 Å². The highest BCUT2D eigenvalue weighted by Gasteiger charge is 2.18. The molecule has 0 aromatic carbocycles. The highest BCUT2D eigenvalue weighted by molar-refractivity contribution is 7.22. The van der Waals surface area contributed by atoms with Gasteiger partial charge in [-0.05, 0) is 18.2 Å². The summed E-state index contributed by atoms with van der Waals surface area (Å²) in [4.78, 5) is 20.2. The van der Waals surface area contributed by atoms with Crippen LogP contribution in [0, 0.1) is 0 Å². The predicted octanol–water partition coefficient (Wildman–Crippen LogP) is 2.32. The molecular weight excluding hydrogens is 266 g/mol. The molecule has 96 valence electrons. The molecule has 7 heteroatoms. The average Bonchev–Trinajstić information content (AvgIpc) is 3.03. The molecular formula is C12H9N3O3S. The number of fused-ring (bicyclic) bond motifs is 1. The van der Waals surface area contributed by atoms with E-state index in [2.05, 4.69) is 9.97 Å². The number of anilines is 1. The number of hydrogen-bond acceptors (Lipinski definition) is 7. The molecule has 3 aromatic heterocycles. The molecule has 0 spiro atoms. The van der Waals surface area contributed by atoms with E-state index < -0.39 is 5.97 Å². The molecule has 2 N–H and O–H groups in total. The first-order chi connectivity index (χ1) is 9.19. The maximum absolute atomic E-state index is 11.8. The monoisotopic (exact) mass is 275 g/mol. The van der Waals surface area contributed by atoms with Crippen LogP contribution in [-0.2, 0) is 4.74 Å². The second kappa shape index (κ2) is 4.36. The van der Waals surface area contributed by atoms with E-state index in [-0.39, 0.29) is 0 Å². The first-order valence-electron chi connectivity index (χ1n) is 5.38. The number of furan rings is 1. The van der Waals surface area contributed by atoms with E-state index in [1.165, 1.54) is 24.7 Å². The molecule has 0 aliphatic heterocycles. The van der Waals surface area contributed by atoms with Crippen molar-refractivity contribution < 1.29 is 13.9 Å². The number of ether oxygens (including phenoxy) is 1. The maximum atomic E-state index is 11.8. The van der Waals surface area contributed by atoms with Gasteiger partial charge in [0.1, 0.15) is 5.69 Å². The third kappa shape index (κ3) is 1.93. The molecule has 3 aromatic rings. The average molecular weight is 275 g/mol. The third-order valence-electron chi connectivity index (χ3n) is 2.56. The van der Waals surface area contributed by atoms with Crippen molar-refractivity contribution in [1.82, 2.24) is 9.97 Å². The van der Waals surface area contributed by atoms with Crippen LogP contribution in [0.15, 0.2) is 28.9 Å². The summed E-state index contributed by atoms with van der Waals surface area (Å²) in [7, 11) is 1.32. The number of aromatic nitrogens is 2. The number of nitrogens with zero attached hydrogens (tertiary/aromatic N) is 2. The van der Waals surface area contributed by atoms with Gasteiger partial charge in [-0.3, -0.25) is 0 Å². The first kappa shape index (κ1) is 11.7. The van der Waals surface area contributed by atoms with Crippen molar-refractivity contribution in [2.24, 2.45) is 0 Å². The van der Waals surface area contributed by atoms with Gasteiger partial charge in [0, 0.05) is 0 Å². The summed E-state index contributed by atoms with van der Waals surface area (Å²) in [5, 5.41) is 0.351. The van der Waals surface area contributed by atoms with E-state index in [0.717, 1.165) is 0 Å². The second-order valence-electron chi connectivity index (χ2n) is 3.73. The van der Waals surface area contributed by atoms with Crippen LogP contribution in [0.4, 0.5) is 5.13 Å². The molecule has 0 bridgehead atoms. The van der Waals surface area contributed by atoms with Gasteiger partial charge in [-0.25, -0.2) is 14.8 Å². The summed E-state index contributed by atoms with van der Waals surface area (Å²) >= 11 is 1.20. The number of esters is 1. The van der Waals surface area contributed by atoms with E-state index in [1.54, 1.807) is 18.2 Å². The zero-order chi connectivity index (χ0) is 13.4. The predicted molar refractivity (Wildman–Crippen MR) is 70.9 cm³/mol. The van der Waals surface area contributed by atoms with Crippen molar-refractivity contribution in [2.45, 2.75) is 0 Å². The van der Waals surface area contributed by atoms with Gasteiger partial charge >= 0.3 is 5.97 Å². The minimum atomic E-state index is -0.455. The number of carbonyl (C=O) groups excluding carboxylic acids is 1. The zero-order valence-electron chi connectivity index (χ0n) is 9.91. The Balaban J connectivity index is 2.29. The van der Waals surface area contributed by atoms with E-state index in [9.17, 15) is 4.79 Å². The number of methoxy groups -OCH3 is 1.